The molecule has 0 N–H and O–H groups in total. The molecule has 0 amide bonds. The van der Waals surface area contributed by atoms with Gasteiger partial charge in [0.25, 0.3) is 0 Å². The third-order valence-electron chi connectivity index (χ3n) is 5.61. The van der Waals surface area contributed by atoms with Crippen molar-refractivity contribution in [3.63, 3.8) is 0 Å². The molecular formula is C25H26FNO6. The first-order chi connectivity index (χ1) is 15.9. The zero-order valence-corrected chi connectivity index (χ0v) is 18.7. The van der Waals surface area contributed by atoms with E-state index in [9.17, 15) is 14.0 Å². The van der Waals surface area contributed by atoms with Gasteiger partial charge in [0.1, 0.15) is 30.5 Å². The summed E-state index contributed by atoms with van der Waals surface area (Å²) in [4.78, 5) is 26.2. The van der Waals surface area contributed by atoms with E-state index in [1.165, 1.54) is 18.2 Å². The number of ether oxygens (including phenoxy) is 3. The Labute approximate surface area is 190 Å². The van der Waals surface area contributed by atoms with E-state index in [2.05, 4.69) is 0 Å². The second-order valence-electron chi connectivity index (χ2n) is 8.07. The molecule has 2 aromatic carbocycles. The monoisotopic (exact) mass is 455 g/mol. The molecule has 0 bridgehead atoms. The van der Waals surface area contributed by atoms with Crippen molar-refractivity contribution < 1.29 is 27.8 Å². The first-order valence-corrected chi connectivity index (χ1v) is 10.8. The van der Waals surface area contributed by atoms with E-state index in [1.807, 2.05) is 17.9 Å². The fourth-order valence-corrected chi connectivity index (χ4v) is 3.99. The summed E-state index contributed by atoms with van der Waals surface area (Å²) in [5.74, 6) is 0.0369. The minimum absolute atomic E-state index is 0.195. The van der Waals surface area contributed by atoms with Crippen LogP contribution in [0.2, 0.25) is 0 Å². The molecule has 0 unspecified atom stereocenters. The number of carbonyl (C=O) groups is 1. The van der Waals surface area contributed by atoms with Crippen LogP contribution in [0.15, 0.2) is 45.6 Å². The molecule has 0 saturated carbocycles. The Morgan fingerprint density at radius 3 is 2.73 bits per heavy atom. The molecule has 8 heteroatoms. The number of hydrogen-bond acceptors (Lipinski definition) is 7. The number of fused-ring (bicyclic) bond motifs is 3. The van der Waals surface area contributed by atoms with Crippen LogP contribution >= 0.6 is 0 Å². The molecule has 33 heavy (non-hydrogen) atoms. The van der Waals surface area contributed by atoms with Crippen molar-refractivity contribution in [3.8, 4) is 5.75 Å². The number of carbonyl (C=O) groups excluding carboxylic acids is 1. The van der Waals surface area contributed by atoms with Crippen molar-refractivity contribution >= 4 is 16.9 Å². The molecule has 0 saturated heterocycles. The average molecular weight is 455 g/mol. The van der Waals surface area contributed by atoms with Crippen molar-refractivity contribution in [2.24, 2.45) is 0 Å². The fraction of sp³-hybridized carbons (Fsp3) is 0.360. The van der Waals surface area contributed by atoms with Gasteiger partial charge in [-0.1, -0.05) is 12.1 Å². The highest BCUT2D eigenvalue weighted by Crippen LogP contribution is 2.37. The van der Waals surface area contributed by atoms with Gasteiger partial charge in [-0.3, -0.25) is 9.69 Å². The van der Waals surface area contributed by atoms with Gasteiger partial charge in [-0.2, -0.15) is 0 Å². The van der Waals surface area contributed by atoms with E-state index in [1.54, 1.807) is 19.2 Å². The number of benzene rings is 2. The summed E-state index contributed by atoms with van der Waals surface area (Å²) in [6.45, 7) is 3.77. The first kappa shape index (κ1) is 22.9. The average Bonchev–Trinajstić information content (AvgIpc) is 2.79. The maximum Gasteiger partial charge on any atom is 0.336 e. The molecule has 174 valence electrons. The highest BCUT2D eigenvalue weighted by Gasteiger charge is 2.25. The Morgan fingerprint density at radius 1 is 1.18 bits per heavy atom. The number of esters is 1. The number of halogens is 1. The van der Waals surface area contributed by atoms with Gasteiger partial charge in [0.15, 0.2) is 0 Å². The normalized spacial score (nSPS) is 13.5. The van der Waals surface area contributed by atoms with Gasteiger partial charge >= 0.3 is 11.6 Å². The van der Waals surface area contributed by atoms with Crippen LogP contribution in [0.1, 0.15) is 28.7 Å². The van der Waals surface area contributed by atoms with Crippen LogP contribution in [-0.4, -0.2) is 37.9 Å². The van der Waals surface area contributed by atoms with Crippen molar-refractivity contribution in [2.75, 3.05) is 27.1 Å². The first-order valence-electron chi connectivity index (χ1n) is 10.8. The Bertz CT molecular complexity index is 1200. The highest BCUT2D eigenvalue weighted by atomic mass is 19.1. The summed E-state index contributed by atoms with van der Waals surface area (Å²) in [5.41, 5.74) is 3.44. The van der Waals surface area contributed by atoms with Gasteiger partial charge in [-0.05, 0) is 48.2 Å². The molecule has 4 rings (SSSR count). The lowest BCUT2D eigenvalue weighted by Crippen LogP contribution is -2.32. The van der Waals surface area contributed by atoms with Crippen molar-refractivity contribution in [1.82, 2.24) is 4.90 Å². The van der Waals surface area contributed by atoms with Gasteiger partial charge in [0, 0.05) is 38.1 Å². The summed E-state index contributed by atoms with van der Waals surface area (Å²) >= 11 is 0. The predicted octanol–water partition coefficient (Wildman–Crippen LogP) is 3.71. The molecule has 0 aliphatic carbocycles. The zero-order valence-electron chi connectivity index (χ0n) is 18.7. The van der Waals surface area contributed by atoms with Gasteiger partial charge in [-0.25, -0.2) is 9.18 Å². The highest BCUT2D eigenvalue weighted by molar-refractivity contribution is 5.86. The number of rotatable bonds is 8. The van der Waals surface area contributed by atoms with E-state index in [0.29, 0.717) is 44.2 Å². The summed E-state index contributed by atoms with van der Waals surface area (Å²) in [5, 5.41) is 0.809. The van der Waals surface area contributed by atoms with Crippen molar-refractivity contribution in [3.05, 3.63) is 74.9 Å². The number of methoxy groups -OCH3 is 1. The third kappa shape index (κ3) is 5.40. The van der Waals surface area contributed by atoms with E-state index in [4.69, 9.17) is 18.6 Å². The van der Waals surface area contributed by atoms with E-state index >= 15 is 0 Å². The van der Waals surface area contributed by atoms with Crippen LogP contribution < -0.4 is 10.4 Å². The van der Waals surface area contributed by atoms with Gasteiger partial charge in [0.2, 0.25) is 0 Å². The SMILES string of the molecule is COCCOC(=O)CCc1cc2c(C)cc(=O)oc2c2c1OCN(Cc1ccc(F)cc1)C2. The molecule has 0 fully saturated rings. The van der Waals surface area contributed by atoms with E-state index < -0.39 is 5.63 Å². The molecule has 0 spiro atoms. The van der Waals surface area contributed by atoms with Crippen LogP contribution in [0.5, 0.6) is 5.75 Å². The lowest BCUT2D eigenvalue weighted by Gasteiger charge is -2.31. The van der Waals surface area contributed by atoms with Crippen LogP contribution in [0, 0.1) is 12.7 Å². The van der Waals surface area contributed by atoms with E-state index in [-0.39, 0.29) is 24.8 Å². The molecule has 1 aliphatic heterocycles. The molecule has 1 aliphatic rings. The van der Waals surface area contributed by atoms with Gasteiger partial charge in [-0.15, -0.1) is 0 Å². The molecule has 2 heterocycles. The second kappa shape index (κ2) is 10.1. The Balaban J connectivity index is 1.62. The summed E-state index contributed by atoms with van der Waals surface area (Å²) in [6.07, 6.45) is 0.626. The quantitative estimate of drug-likeness (QED) is 0.291. The largest absolute Gasteiger partial charge is 0.477 e. The molecule has 3 aromatic rings. The standard InChI is InChI=1S/C25H26FNO6/c1-16-11-23(29)33-25-20(16)12-18(5-8-22(28)31-10-9-30-2)24-21(25)14-27(15-32-24)13-17-3-6-19(26)7-4-17/h3-4,6-7,11-12H,5,8-10,13-15H2,1-2H3. The zero-order chi connectivity index (χ0) is 23.4. The number of hydrogen-bond donors (Lipinski definition) is 0. The second-order valence-corrected chi connectivity index (χ2v) is 8.07. The topological polar surface area (TPSA) is 78.2 Å². The molecule has 0 radical (unpaired) electrons. The maximum absolute atomic E-state index is 13.3. The van der Waals surface area contributed by atoms with Crippen LogP contribution in [0.3, 0.4) is 0 Å². The minimum Gasteiger partial charge on any atom is -0.477 e. The van der Waals surface area contributed by atoms with E-state index in [0.717, 1.165) is 27.6 Å². The molecule has 7 nitrogen and oxygen atoms in total. The van der Waals surface area contributed by atoms with Crippen molar-refractivity contribution in [1.29, 1.82) is 0 Å². The fourth-order valence-electron chi connectivity index (χ4n) is 3.99. The Hall–Kier alpha value is -3.23. The lowest BCUT2D eigenvalue weighted by molar-refractivity contribution is -0.144. The number of nitrogens with zero attached hydrogens (tertiary/aromatic N) is 1. The summed E-state index contributed by atoms with van der Waals surface area (Å²) in [7, 11) is 1.55. The smallest absolute Gasteiger partial charge is 0.336 e. The van der Waals surface area contributed by atoms with Gasteiger partial charge < -0.3 is 18.6 Å². The summed E-state index contributed by atoms with van der Waals surface area (Å²) < 4.78 is 35.0. The third-order valence-corrected chi connectivity index (χ3v) is 5.61. The molecular weight excluding hydrogens is 429 g/mol. The maximum atomic E-state index is 13.3. The van der Waals surface area contributed by atoms with Crippen LogP contribution in [-0.2, 0) is 33.8 Å². The Kier molecular flexibility index (Phi) is 7.05. The summed E-state index contributed by atoms with van der Waals surface area (Å²) in [6, 6.07) is 9.70. The van der Waals surface area contributed by atoms with Crippen LogP contribution in [0.4, 0.5) is 4.39 Å². The van der Waals surface area contributed by atoms with Crippen molar-refractivity contribution in [2.45, 2.75) is 32.9 Å². The Morgan fingerprint density at radius 2 is 1.97 bits per heavy atom. The predicted molar refractivity (Wildman–Crippen MR) is 120 cm³/mol. The van der Waals surface area contributed by atoms with Crippen LogP contribution in [0.25, 0.3) is 11.0 Å². The molecule has 1 aromatic heterocycles. The minimum atomic E-state index is -0.424. The molecule has 0 atom stereocenters. The lowest BCUT2D eigenvalue weighted by atomic mass is 9.97. The number of aryl methyl sites for hydroxylation is 2. The van der Waals surface area contributed by atoms with Gasteiger partial charge in [0.05, 0.1) is 12.2 Å².